The summed E-state index contributed by atoms with van der Waals surface area (Å²) in [7, 11) is -1.69. The molecule has 0 spiro atoms. The number of nitrogens with zero attached hydrogens (tertiary/aromatic N) is 1. The lowest BCUT2D eigenvalue weighted by molar-refractivity contribution is 0.415. The average Bonchev–Trinajstić information content (AvgIpc) is 2.50. The van der Waals surface area contributed by atoms with Gasteiger partial charge in [0.2, 0.25) is 10.0 Å². The third-order valence-corrected chi connectivity index (χ3v) is 5.29. The summed E-state index contributed by atoms with van der Waals surface area (Å²) in [6.07, 6.45) is 0. The van der Waals surface area contributed by atoms with E-state index in [1.54, 1.807) is 38.3 Å². The van der Waals surface area contributed by atoms with Crippen LogP contribution in [0.5, 0.6) is 5.75 Å². The van der Waals surface area contributed by atoms with Gasteiger partial charge in [-0.25, -0.2) is 8.42 Å². The molecule has 1 atom stereocenters. The highest BCUT2D eigenvalue weighted by Crippen LogP contribution is 2.24. The first-order valence-corrected chi connectivity index (χ1v) is 7.42. The van der Waals surface area contributed by atoms with Crippen molar-refractivity contribution in [1.29, 1.82) is 0 Å². The highest BCUT2D eigenvalue weighted by Gasteiger charge is 2.30. The maximum atomic E-state index is 12.3. The molecule has 100 valence electrons. The number of benzene rings is 1. The lowest BCUT2D eigenvalue weighted by atomic mass is 10.3. The highest BCUT2D eigenvalue weighted by molar-refractivity contribution is 7.93. The molecule has 1 aliphatic heterocycles. The summed E-state index contributed by atoms with van der Waals surface area (Å²) in [5.41, 5.74) is 0.686. The van der Waals surface area contributed by atoms with Crippen LogP contribution in [0.4, 0.5) is 5.69 Å². The Morgan fingerprint density at radius 1 is 1.33 bits per heavy atom. The Bertz CT molecular complexity index is 499. The minimum atomic E-state index is -3.28. The van der Waals surface area contributed by atoms with Crippen molar-refractivity contribution >= 4 is 15.7 Å². The van der Waals surface area contributed by atoms with Crippen LogP contribution in [-0.2, 0) is 10.0 Å². The van der Waals surface area contributed by atoms with Crippen molar-refractivity contribution < 1.29 is 13.2 Å². The fourth-order valence-corrected chi connectivity index (χ4v) is 3.48. The molecule has 1 aliphatic rings. The van der Waals surface area contributed by atoms with Gasteiger partial charge in [-0.05, 0) is 31.2 Å². The molecule has 0 amide bonds. The molecule has 1 N–H and O–H groups in total. The summed E-state index contributed by atoms with van der Waals surface area (Å²) < 4.78 is 31.2. The summed E-state index contributed by atoms with van der Waals surface area (Å²) in [5.74, 6) is 0.720. The first-order chi connectivity index (χ1) is 8.55. The largest absolute Gasteiger partial charge is 0.497 e. The summed E-state index contributed by atoms with van der Waals surface area (Å²) in [6.45, 7) is 3.34. The molecule has 1 heterocycles. The third-order valence-electron chi connectivity index (χ3n) is 3.10. The van der Waals surface area contributed by atoms with Crippen LogP contribution in [-0.4, -0.2) is 40.4 Å². The van der Waals surface area contributed by atoms with E-state index in [1.807, 2.05) is 0 Å². The molecule has 1 aromatic rings. The number of nitrogens with one attached hydrogen (secondary N) is 1. The average molecular weight is 270 g/mol. The van der Waals surface area contributed by atoms with Gasteiger partial charge in [-0.1, -0.05) is 0 Å². The Labute approximate surface area is 108 Å². The molecule has 0 radical (unpaired) electrons. The summed E-state index contributed by atoms with van der Waals surface area (Å²) in [5, 5.41) is 2.71. The van der Waals surface area contributed by atoms with Crippen LogP contribution >= 0.6 is 0 Å². The molecule has 0 aromatic heterocycles. The molecule has 2 rings (SSSR count). The SMILES string of the molecule is COc1ccc(N2CCNCC(C)S2(=O)=O)cc1. The lowest BCUT2D eigenvalue weighted by Gasteiger charge is -2.24. The molecule has 1 aromatic carbocycles. The number of anilines is 1. The van der Waals surface area contributed by atoms with E-state index in [4.69, 9.17) is 4.74 Å². The third kappa shape index (κ3) is 2.44. The molecule has 0 aliphatic carbocycles. The molecule has 1 unspecified atom stereocenters. The fourth-order valence-electron chi connectivity index (χ4n) is 1.96. The van der Waals surface area contributed by atoms with Gasteiger partial charge < -0.3 is 10.1 Å². The predicted molar refractivity (Wildman–Crippen MR) is 71.6 cm³/mol. The molecule has 0 saturated carbocycles. The zero-order valence-electron chi connectivity index (χ0n) is 10.6. The minimum Gasteiger partial charge on any atom is -0.497 e. The van der Waals surface area contributed by atoms with E-state index in [1.165, 1.54) is 4.31 Å². The van der Waals surface area contributed by atoms with Gasteiger partial charge in [-0.2, -0.15) is 0 Å². The van der Waals surface area contributed by atoms with Crippen molar-refractivity contribution in [3.05, 3.63) is 24.3 Å². The summed E-state index contributed by atoms with van der Waals surface area (Å²) in [6, 6.07) is 7.09. The van der Waals surface area contributed by atoms with Crippen LogP contribution in [0.1, 0.15) is 6.92 Å². The Morgan fingerprint density at radius 2 is 2.00 bits per heavy atom. The molecule has 1 saturated heterocycles. The summed E-state index contributed by atoms with van der Waals surface area (Å²) in [4.78, 5) is 0. The first kappa shape index (κ1) is 13.2. The van der Waals surface area contributed by atoms with Gasteiger partial charge in [0.1, 0.15) is 5.75 Å². The summed E-state index contributed by atoms with van der Waals surface area (Å²) >= 11 is 0. The van der Waals surface area contributed by atoms with Gasteiger partial charge in [0.15, 0.2) is 0 Å². The van der Waals surface area contributed by atoms with Gasteiger partial charge in [0, 0.05) is 19.6 Å². The number of hydrogen-bond donors (Lipinski definition) is 1. The van der Waals surface area contributed by atoms with Crippen LogP contribution in [0, 0.1) is 0 Å². The van der Waals surface area contributed by atoms with Crippen molar-refractivity contribution in [2.45, 2.75) is 12.2 Å². The second-order valence-electron chi connectivity index (χ2n) is 4.33. The van der Waals surface area contributed by atoms with E-state index < -0.39 is 15.3 Å². The topological polar surface area (TPSA) is 58.6 Å². The van der Waals surface area contributed by atoms with Crippen LogP contribution in [0.3, 0.4) is 0 Å². The van der Waals surface area contributed by atoms with Gasteiger partial charge >= 0.3 is 0 Å². The quantitative estimate of drug-likeness (QED) is 0.864. The number of rotatable bonds is 2. The number of sulfonamides is 1. The number of methoxy groups -OCH3 is 1. The Kier molecular flexibility index (Phi) is 3.77. The van der Waals surface area contributed by atoms with Crippen molar-refractivity contribution in [1.82, 2.24) is 5.32 Å². The Morgan fingerprint density at radius 3 is 2.61 bits per heavy atom. The standard InChI is InChI=1S/C12H18N2O3S/c1-10-9-13-7-8-14(18(10,15)16)11-3-5-12(17-2)6-4-11/h3-6,10,13H,7-9H2,1-2H3. The van der Waals surface area contributed by atoms with Gasteiger partial charge in [-0.3, -0.25) is 4.31 Å². The minimum absolute atomic E-state index is 0.415. The zero-order valence-corrected chi connectivity index (χ0v) is 11.4. The van der Waals surface area contributed by atoms with Crippen LogP contribution in [0.2, 0.25) is 0 Å². The lowest BCUT2D eigenvalue weighted by Crippen LogP contribution is -2.37. The monoisotopic (exact) mass is 270 g/mol. The predicted octanol–water partition coefficient (Wildman–Crippen LogP) is 0.823. The van der Waals surface area contributed by atoms with E-state index >= 15 is 0 Å². The van der Waals surface area contributed by atoms with E-state index in [0.717, 1.165) is 5.75 Å². The van der Waals surface area contributed by atoms with E-state index in [-0.39, 0.29) is 0 Å². The van der Waals surface area contributed by atoms with Crippen molar-refractivity contribution in [2.24, 2.45) is 0 Å². The second kappa shape index (κ2) is 5.16. The fraction of sp³-hybridized carbons (Fsp3) is 0.500. The van der Waals surface area contributed by atoms with Crippen LogP contribution in [0.15, 0.2) is 24.3 Å². The Balaban J connectivity index is 2.34. The smallest absolute Gasteiger partial charge is 0.239 e. The molecule has 6 heteroatoms. The normalized spacial score (nSPS) is 23.4. The van der Waals surface area contributed by atoms with Crippen molar-refractivity contribution in [3.8, 4) is 5.75 Å². The van der Waals surface area contributed by atoms with E-state index in [2.05, 4.69) is 5.32 Å². The first-order valence-electron chi connectivity index (χ1n) is 5.92. The highest BCUT2D eigenvalue weighted by atomic mass is 32.2. The maximum absolute atomic E-state index is 12.3. The molecule has 5 nitrogen and oxygen atoms in total. The number of hydrogen-bond acceptors (Lipinski definition) is 4. The molecule has 0 bridgehead atoms. The van der Waals surface area contributed by atoms with Crippen LogP contribution < -0.4 is 14.4 Å². The van der Waals surface area contributed by atoms with Gasteiger partial charge in [-0.15, -0.1) is 0 Å². The molecule has 18 heavy (non-hydrogen) atoms. The second-order valence-corrected chi connectivity index (χ2v) is 6.61. The zero-order chi connectivity index (χ0) is 13.2. The molecular formula is C12H18N2O3S. The Hall–Kier alpha value is -1.27. The number of ether oxygens (including phenoxy) is 1. The van der Waals surface area contributed by atoms with Crippen molar-refractivity contribution in [3.63, 3.8) is 0 Å². The van der Waals surface area contributed by atoms with E-state index in [0.29, 0.717) is 25.3 Å². The van der Waals surface area contributed by atoms with Crippen molar-refractivity contribution in [2.75, 3.05) is 31.0 Å². The van der Waals surface area contributed by atoms with Crippen LogP contribution in [0.25, 0.3) is 0 Å². The maximum Gasteiger partial charge on any atom is 0.239 e. The molecule has 1 fully saturated rings. The van der Waals surface area contributed by atoms with E-state index in [9.17, 15) is 8.42 Å². The molecular weight excluding hydrogens is 252 g/mol. The van der Waals surface area contributed by atoms with Gasteiger partial charge in [0.25, 0.3) is 0 Å². The van der Waals surface area contributed by atoms with Gasteiger partial charge in [0.05, 0.1) is 18.0 Å².